The molecule has 2 aromatic carbocycles. The average Bonchev–Trinajstić information content (AvgIpc) is 3.28. The van der Waals surface area contributed by atoms with Gasteiger partial charge in [-0.1, -0.05) is 24.3 Å². The van der Waals surface area contributed by atoms with E-state index in [1.807, 2.05) is 29.0 Å². The highest BCUT2D eigenvalue weighted by Gasteiger charge is 2.19. The summed E-state index contributed by atoms with van der Waals surface area (Å²) in [6, 6.07) is 13.7. The first-order valence-corrected chi connectivity index (χ1v) is 10.3. The molecule has 0 spiro atoms. The van der Waals surface area contributed by atoms with Crippen molar-refractivity contribution in [3.63, 3.8) is 0 Å². The average molecular weight is 431 g/mol. The Morgan fingerprint density at radius 3 is 2.26 bits per heavy atom. The smallest absolute Gasteiger partial charge is 0.387 e. The summed E-state index contributed by atoms with van der Waals surface area (Å²) in [7, 11) is 1.81. The van der Waals surface area contributed by atoms with Crippen molar-refractivity contribution in [1.29, 1.82) is 0 Å². The molecule has 6 nitrogen and oxygen atoms in total. The van der Waals surface area contributed by atoms with Gasteiger partial charge in [0.25, 0.3) is 5.91 Å². The van der Waals surface area contributed by atoms with E-state index < -0.39 is 6.61 Å². The second kappa shape index (κ2) is 10.9. The van der Waals surface area contributed by atoms with Gasteiger partial charge in [-0.15, -0.1) is 0 Å². The number of benzene rings is 2. The number of rotatable bonds is 9. The Hall–Kier alpha value is -3.00. The number of hydrogen-bond donors (Lipinski definition) is 1. The van der Waals surface area contributed by atoms with Gasteiger partial charge >= 0.3 is 6.61 Å². The number of likely N-dealkylation sites (tertiary alicyclic amines) is 1. The summed E-state index contributed by atoms with van der Waals surface area (Å²) in [4.78, 5) is 28.3. The number of nitrogens with zero attached hydrogens (tertiary/aromatic N) is 2. The summed E-state index contributed by atoms with van der Waals surface area (Å²) in [5.74, 6) is 0.0354. The highest BCUT2D eigenvalue weighted by molar-refractivity contribution is 5.94. The Morgan fingerprint density at radius 1 is 1.03 bits per heavy atom. The van der Waals surface area contributed by atoms with Crippen LogP contribution in [0.2, 0.25) is 0 Å². The van der Waals surface area contributed by atoms with Gasteiger partial charge in [0.05, 0.1) is 6.54 Å². The fourth-order valence-corrected chi connectivity index (χ4v) is 3.51. The van der Waals surface area contributed by atoms with Crippen LogP contribution in [0.3, 0.4) is 0 Å². The van der Waals surface area contributed by atoms with Gasteiger partial charge in [-0.2, -0.15) is 8.78 Å². The van der Waals surface area contributed by atoms with E-state index in [-0.39, 0.29) is 24.1 Å². The number of alkyl halides is 2. The van der Waals surface area contributed by atoms with Crippen LogP contribution in [0.25, 0.3) is 0 Å². The number of nitrogens with one attached hydrogen (secondary N) is 1. The van der Waals surface area contributed by atoms with Gasteiger partial charge in [0.2, 0.25) is 5.91 Å². The van der Waals surface area contributed by atoms with Gasteiger partial charge in [0.15, 0.2) is 0 Å². The zero-order chi connectivity index (χ0) is 22.2. The van der Waals surface area contributed by atoms with E-state index in [9.17, 15) is 18.4 Å². The Kier molecular flexibility index (Phi) is 7.94. The molecule has 1 N–H and O–H groups in total. The zero-order valence-electron chi connectivity index (χ0n) is 17.5. The molecule has 1 aliphatic heterocycles. The summed E-state index contributed by atoms with van der Waals surface area (Å²) in [5.41, 5.74) is 2.47. The lowest BCUT2D eigenvalue weighted by atomic mass is 10.1. The molecule has 31 heavy (non-hydrogen) atoms. The minimum atomic E-state index is -2.85. The van der Waals surface area contributed by atoms with Gasteiger partial charge < -0.3 is 15.0 Å². The van der Waals surface area contributed by atoms with Crippen LogP contribution in [0.4, 0.5) is 8.78 Å². The van der Waals surface area contributed by atoms with Crippen LogP contribution in [0.1, 0.15) is 34.3 Å². The third-order valence-corrected chi connectivity index (χ3v) is 5.10. The van der Waals surface area contributed by atoms with Gasteiger partial charge in [-0.3, -0.25) is 14.5 Å². The molecule has 0 saturated carbocycles. The van der Waals surface area contributed by atoms with E-state index in [2.05, 4.69) is 10.1 Å². The molecule has 2 aromatic rings. The monoisotopic (exact) mass is 431 g/mol. The van der Waals surface area contributed by atoms with Crippen molar-refractivity contribution in [2.75, 3.05) is 26.7 Å². The van der Waals surface area contributed by atoms with Crippen molar-refractivity contribution in [2.24, 2.45) is 0 Å². The van der Waals surface area contributed by atoms with Crippen LogP contribution in [0.5, 0.6) is 5.75 Å². The highest BCUT2D eigenvalue weighted by Crippen LogP contribution is 2.16. The van der Waals surface area contributed by atoms with Crippen LogP contribution in [-0.2, 0) is 17.9 Å². The van der Waals surface area contributed by atoms with Crippen LogP contribution in [0.15, 0.2) is 48.5 Å². The van der Waals surface area contributed by atoms with Gasteiger partial charge in [0.1, 0.15) is 5.75 Å². The number of likely N-dealkylation sites (N-methyl/N-ethyl adjacent to an activating group) is 1. The van der Waals surface area contributed by atoms with Crippen molar-refractivity contribution in [1.82, 2.24) is 15.1 Å². The number of hydrogen-bond acceptors (Lipinski definition) is 4. The molecule has 1 heterocycles. The molecule has 166 valence electrons. The van der Waals surface area contributed by atoms with E-state index in [4.69, 9.17) is 0 Å². The van der Waals surface area contributed by atoms with E-state index in [1.165, 1.54) is 12.1 Å². The molecule has 1 saturated heterocycles. The molecule has 0 aliphatic carbocycles. The Balaban J connectivity index is 1.41. The van der Waals surface area contributed by atoms with E-state index in [1.54, 1.807) is 24.3 Å². The van der Waals surface area contributed by atoms with Gasteiger partial charge in [-0.05, 0) is 55.3 Å². The lowest BCUT2D eigenvalue weighted by Crippen LogP contribution is -2.34. The van der Waals surface area contributed by atoms with E-state index >= 15 is 0 Å². The van der Waals surface area contributed by atoms with Crippen LogP contribution in [-0.4, -0.2) is 54.9 Å². The summed E-state index contributed by atoms with van der Waals surface area (Å²) in [6.07, 6.45) is 2.12. The Bertz CT molecular complexity index is 867. The van der Waals surface area contributed by atoms with Crippen LogP contribution < -0.4 is 10.1 Å². The molecular weight excluding hydrogens is 404 g/mol. The fourth-order valence-electron chi connectivity index (χ4n) is 3.51. The summed E-state index contributed by atoms with van der Waals surface area (Å²) >= 11 is 0. The summed E-state index contributed by atoms with van der Waals surface area (Å²) in [6.45, 7) is -0.143. The number of halogens is 2. The first-order valence-electron chi connectivity index (χ1n) is 10.3. The molecular formula is C23H27F2N3O3. The lowest BCUT2D eigenvalue weighted by Gasteiger charge is -2.17. The SMILES string of the molecule is CN(CC(=O)NCc1ccc(C(=O)N2CCCC2)cc1)Cc1ccc(OC(F)F)cc1. The molecule has 0 aromatic heterocycles. The van der Waals surface area contributed by atoms with Crippen molar-refractivity contribution < 1.29 is 23.1 Å². The third-order valence-electron chi connectivity index (χ3n) is 5.10. The third kappa shape index (κ3) is 7.03. The van der Waals surface area contributed by atoms with Gasteiger partial charge in [0, 0.05) is 31.7 Å². The lowest BCUT2D eigenvalue weighted by molar-refractivity contribution is -0.122. The number of carbonyl (C=O) groups is 2. The Labute approximate surface area is 180 Å². The normalized spacial score (nSPS) is 13.6. The molecule has 8 heteroatoms. The van der Waals surface area contributed by atoms with E-state index in [0.29, 0.717) is 18.7 Å². The standard InChI is InChI=1S/C23H27F2N3O3/c1-27(15-18-6-10-20(11-7-18)31-23(24)25)16-21(29)26-14-17-4-8-19(9-5-17)22(30)28-12-2-3-13-28/h4-11,23H,2-3,12-16H2,1H3,(H,26,29). The Morgan fingerprint density at radius 2 is 1.65 bits per heavy atom. The molecule has 3 rings (SSSR count). The molecule has 1 aliphatic rings. The molecule has 0 bridgehead atoms. The summed E-state index contributed by atoms with van der Waals surface area (Å²) < 4.78 is 28.7. The first-order chi connectivity index (χ1) is 14.9. The quantitative estimate of drug-likeness (QED) is 0.662. The number of amides is 2. The maximum Gasteiger partial charge on any atom is 0.387 e. The van der Waals surface area contributed by atoms with E-state index in [0.717, 1.165) is 37.1 Å². The summed E-state index contributed by atoms with van der Waals surface area (Å²) in [5, 5.41) is 2.87. The second-order valence-corrected chi connectivity index (χ2v) is 7.67. The molecule has 1 fully saturated rings. The predicted octanol–water partition coefficient (Wildman–Crippen LogP) is 3.27. The largest absolute Gasteiger partial charge is 0.435 e. The van der Waals surface area contributed by atoms with Crippen molar-refractivity contribution in [3.8, 4) is 5.75 Å². The maximum absolute atomic E-state index is 12.4. The number of ether oxygens (including phenoxy) is 1. The fraction of sp³-hybridized carbons (Fsp3) is 0.391. The van der Waals surface area contributed by atoms with Crippen molar-refractivity contribution >= 4 is 11.8 Å². The second-order valence-electron chi connectivity index (χ2n) is 7.67. The molecule has 0 atom stereocenters. The molecule has 0 unspecified atom stereocenters. The first kappa shape index (κ1) is 22.7. The van der Waals surface area contributed by atoms with Crippen LogP contribution >= 0.6 is 0 Å². The van der Waals surface area contributed by atoms with Crippen LogP contribution in [0, 0.1) is 0 Å². The predicted molar refractivity (Wildman–Crippen MR) is 113 cm³/mol. The number of carbonyl (C=O) groups excluding carboxylic acids is 2. The van der Waals surface area contributed by atoms with Crippen molar-refractivity contribution in [3.05, 3.63) is 65.2 Å². The van der Waals surface area contributed by atoms with Gasteiger partial charge in [-0.25, -0.2) is 0 Å². The highest BCUT2D eigenvalue weighted by atomic mass is 19.3. The maximum atomic E-state index is 12.4. The van der Waals surface area contributed by atoms with Crippen molar-refractivity contribution in [2.45, 2.75) is 32.5 Å². The molecule has 0 radical (unpaired) electrons. The zero-order valence-corrected chi connectivity index (χ0v) is 17.5. The minimum Gasteiger partial charge on any atom is -0.435 e. The molecule has 2 amide bonds. The minimum absolute atomic E-state index is 0.0588. The topological polar surface area (TPSA) is 61.9 Å².